The molecular formula is C13H23N3. The van der Waals surface area contributed by atoms with E-state index in [2.05, 4.69) is 30.5 Å². The maximum absolute atomic E-state index is 4.39. The van der Waals surface area contributed by atoms with Gasteiger partial charge in [0.2, 0.25) is 0 Å². The van der Waals surface area contributed by atoms with Crippen LogP contribution in [0, 0.1) is 12.8 Å². The number of hydrogen-bond acceptors (Lipinski definition) is 2. The van der Waals surface area contributed by atoms with Gasteiger partial charge in [0.15, 0.2) is 0 Å². The highest BCUT2D eigenvalue weighted by molar-refractivity contribution is 5.15. The van der Waals surface area contributed by atoms with Crippen LogP contribution in [0.3, 0.4) is 0 Å². The average Bonchev–Trinajstić information content (AvgIpc) is 2.54. The highest BCUT2D eigenvalue weighted by Gasteiger charge is 2.18. The van der Waals surface area contributed by atoms with Crippen molar-refractivity contribution in [2.24, 2.45) is 13.0 Å². The molecule has 1 saturated heterocycles. The summed E-state index contributed by atoms with van der Waals surface area (Å²) in [5.74, 6) is 0.890. The number of piperidine rings is 1. The first-order valence-corrected chi connectivity index (χ1v) is 6.37. The molecule has 90 valence electrons. The minimum absolute atomic E-state index is 0.711. The number of rotatable bonds is 3. The van der Waals surface area contributed by atoms with Crippen molar-refractivity contribution in [2.75, 3.05) is 6.54 Å². The summed E-state index contributed by atoms with van der Waals surface area (Å²) < 4.78 is 1.92. The second-order valence-electron chi connectivity index (χ2n) is 5.23. The SMILES string of the molecule is Cc1nn(C)cc1CCC1CC(C)CCN1. The number of aryl methyl sites for hydroxylation is 3. The molecule has 0 aromatic carbocycles. The lowest BCUT2D eigenvalue weighted by molar-refractivity contribution is 0.308. The molecule has 0 spiro atoms. The number of nitrogens with one attached hydrogen (secondary N) is 1. The Morgan fingerprint density at radius 2 is 2.38 bits per heavy atom. The fourth-order valence-electron chi connectivity index (χ4n) is 2.66. The Hall–Kier alpha value is -0.830. The highest BCUT2D eigenvalue weighted by atomic mass is 15.2. The van der Waals surface area contributed by atoms with Crippen LogP contribution in [0.4, 0.5) is 0 Å². The molecule has 0 saturated carbocycles. The molecule has 3 heteroatoms. The molecule has 16 heavy (non-hydrogen) atoms. The van der Waals surface area contributed by atoms with Crippen LogP contribution in [0.15, 0.2) is 6.20 Å². The van der Waals surface area contributed by atoms with E-state index in [1.165, 1.54) is 37.1 Å². The van der Waals surface area contributed by atoms with Crippen molar-refractivity contribution in [3.05, 3.63) is 17.5 Å². The molecule has 1 aliphatic rings. The van der Waals surface area contributed by atoms with Crippen molar-refractivity contribution in [2.45, 2.75) is 45.6 Å². The lowest BCUT2D eigenvalue weighted by Crippen LogP contribution is -2.37. The molecule has 1 aromatic rings. The zero-order valence-electron chi connectivity index (χ0n) is 10.7. The largest absolute Gasteiger partial charge is 0.314 e. The van der Waals surface area contributed by atoms with E-state index >= 15 is 0 Å². The molecule has 3 nitrogen and oxygen atoms in total. The molecule has 1 aliphatic heterocycles. The average molecular weight is 221 g/mol. The van der Waals surface area contributed by atoms with Crippen LogP contribution in [-0.4, -0.2) is 22.4 Å². The van der Waals surface area contributed by atoms with Gasteiger partial charge >= 0.3 is 0 Å². The molecule has 0 bridgehead atoms. The molecule has 2 heterocycles. The predicted octanol–water partition coefficient (Wildman–Crippen LogP) is 2.05. The van der Waals surface area contributed by atoms with Crippen LogP contribution in [-0.2, 0) is 13.5 Å². The van der Waals surface area contributed by atoms with Gasteiger partial charge < -0.3 is 5.32 Å². The van der Waals surface area contributed by atoms with Crippen molar-refractivity contribution >= 4 is 0 Å². The monoisotopic (exact) mass is 221 g/mol. The second-order valence-corrected chi connectivity index (χ2v) is 5.23. The predicted molar refractivity (Wildman–Crippen MR) is 66.5 cm³/mol. The van der Waals surface area contributed by atoms with Crippen LogP contribution in [0.1, 0.15) is 37.4 Å². The number of nitrogens with zero attached hydrogens (tertiary/aromatic N) is 2. The Labute approximate surface area is 98.2 Å². The summed E-state index contributed by atoms with van der Waals surface area (Å²) in [5.41, 5.74) is 2.59. The topological polar surface area (TPSA) is 29.9 Å². The van der Waals surface area contributed by atoms with Gasteiger partial charge in [-0.25, -0.2) is 0 Å². The summed E-state index contributed by atoms with van der Waals surface area (Å²) in [6, 6.07) is 0.711. The molecule has 2 atom stereocenters. The zero-order valence-corrected chi connectivity index (χ0v) is 10.7. The van der Waals surface area contributed by atoms with E-state index in [4.69, 9.17) is 0 Å². The standard InChI is InChI=1S/C13H23N3/c1-10-6-7-14-13(8-10)5-4-12-9-16(3)15-11(12)2/h9-10,13-14H,4-8H2,1-3H3. The van der Waals surface area contributed by atoms with E-state index in [0.717, 1.165) is 12.3 Å². The Balaban J connectivity index is 1.85. The molecule has 2 unspecified atom stereocenters. The number of hydrogen-bond donors (Lipinski definition) is 1. The summed E-state index contributed by atoms with van der Waals surface area (Å²) >= 11 is 0. The van der Waals surface area contributed by atoms with Crippen LogP contribution >= 0.6 is 0 Å². The molecule has 0 amide bonds. The quantitative estimate of drug-likeness (QED) is 0.846. The Bertz CT molecular complexity index is 343. The second kappa shape index (κ2) is 5.00. The summed E-state index contributed by atoms with van der Waals surface area (Å²) in [4.78, 5) is 0. The molecule has 1 fully saturated rings. The summed E-state index contributed by atoms with van der Waals surface area (Å²) in [6.07, 6.45) is 7.23. The van der Waals surface area contributed by atoms with Crippen LogP contribution < -0.4 is 5.32 Å². The zero-order chi connectivity index (χ0) is 11.5. The Morgan fingerprint density at radius 3 is 3.00 bits per heavy atom. The van der Waals surface area contributed by atoms with Gasteiger partial charge in [0, 0.05) is 19.3 Å². The molecule has 0 radical (unpaired) electrons. The molecular weight excluding hydrogens is 198 g/mol. The molecule has 1 aromatic heterocycles. The third kappa shape index (κ3) is 2.85. The van der Waals surface area contributed by atoms with Crippen molar-refractivity contribution in [1.29, 1.82) is 0 Å². The van der Waals surface area contributed by atoms with E-state index in [-0.39, 0.29) is 0 Å². The molecule has 0 aliphatic carbocycles. The lowest BCUT2D eigenvalue weighted by Gasteiger charge is -2.28. The summed E-state index contributed by atoms with van der Waals surface area (Å²) in [6.45, 7) is 5.66. The van der Waals surface area contributed by atoms with Crippen LogP contribution in [0.25, 0.3) is 0 Å². The molecule has 2 rings (SSSR count). The first-order valence-electron chi connectivity index (χ1n) is 6.37. The summed E-state index contributed by atoms with van der Waals surface area (Å²) in [7, 11) is 2.00. The fourth-order valence-corrected chi connectivity index (χ4v) is 2.66. The van der Waals surface area contributed by atoms with Gasteiger partial charge in [-0.3, -0.25) is 4.68 Å². The first-order chi connectivity index (χ1) is 7.65. The van der Waals surface area contributed by atoms with Gasteiger partial charge in [-0.1, -0.05) is 6.92 Å². The lowest BCUT2D eigenvalue weighted by atomic mass is 9.91. The van der Waals surface area contributed by atoms with Gasteiger partial charge in [0.1, 0.15) is 0 Å². The third-order valence-corrected chi connectivity index (χ3v) is 3.63. The molecule has 1 N–H and O–H groups in total. The fraction of sp³-hybridized carbons (Fsp3) is 0.769. The normalized spacial score (nSPS) is 25.9. The highest BCUT2D eigenvalue weighted by Crippen LogP contribution is 2.19. The Morgan fingerprint density at radius 1 is 1.56 bits per heavy atom. The van der Waals surface area contributed by atoms with Crippen LogP contribution in [0.5, 0.6) is 0 Å². The smallest absolute Gasteiger partial charge is 0.0625 e. The van der Waals surface area contributed by atoms with Crippen molar-refractivity contribution in [3.8, 4) is 0 Å². The van der Waals surface area contributed by atoms with Gasteiger partial charge in [0.25, 0.3) is 0 Å². The van der Waals surface area contributed by atoms with Gasteiger partial charge in [-0.15, -0.1) is 0 Å². The third-order valence-electron chi connectivity index (χ3n) is 3.63. The minimum Gasteiger partial charge on any atom is -0.314 e. The first kappa shape index (κ1) is 11.6. The van der Waals surface area contributed by atoms with Crippen molar-refractivity contribution in [3.63, 3.8) is 0 Å². The van der Waals surface area contributed by atoms with Gasteiger partial charge in [-0.05, 0) is 50.6 Å². The minimum atomic E-state index is 0.711. The van der Waals surface area contributed by atoms with Crippen molar-refractivity contribution < 1.29 is 0 Å². The van der Waals surface area contributed by atoms with Gasteiger partial charge in [-0.2, -0.15) is 5.10 Å². The maximum atomic E-state index is 4.39. The van der Waals surface area contributed by atoms with Gasteiger partial charge in [0.05, 0.1) is 5.69 Å². The van der Waals surface area contributed by atoms with E-state index in [1.54, 1.807) is 0 Å². The summed E-state index contributed by atoms with van der Waals surface area (Å²) in [5, 5.41) is 8.00. The van der Waals surface area contributed by atoms with E-state index in [1.807, 2.05) is 11.7 Å². The number of aromatic nitrogens is 2. The maximum Gasteiger partial charge on any atom is 0.0625 e. The van der Waals surface area contributed by atoms with E-state index in [9.17, 15) is 0 Å². The van der Waals surface area contributed by atoms with E-state index in [0.29, 0.717) is 6.04 Å². The Kier molecular flexibility index (Phi) is 3.64. The van der Waals surface area contributed by atoms with E-state index < -0.39 is 0 Å². The van der Waals surface area contributed by atoms with Crippen LogP contribution in [0.2, 0.25) is 0 Å². The van der Waals surface area contributed by atoms with Crippen molar-refractivity contribution in [1.82, 2.24) is 15.1 Å².